The third-order valence-corrected chi connectivity index (χ3v) is 4.33. The van der Waals surface area contributed by atoms with E-state index in [-0.39, 0.29) is 17.8 Å². The maximum atomic E-state index is 12.6. The molecule has 0 unspecified atom stereocenters. The summed E-state index contributed by atoms with van der Waals surface area (Å²) in [6.45, 7) is 1.90. The minimum atomic E-state index is -0.564. The van der Waals surface area contributed by atoms with Crippen molar-refractivity contribution in [2.24, 2.45) is 5.73 Å². The summed E-state index contributed by atoms with van der Waals surface area (Å²) in [6, 6.07) is 13.4. The number of benzene rings is 2. The number of anilines is 1. The van der Waals surface area contributed by atoms with Crippen molar-refractivity contribution in [1.82, 2.24) is 0 Å². The van der Waals surface area contributed by atoms with Crippen LogP contribution in [0.4, 0.5) is 5.69 Å². The first-order valence-electron chi connectivity index (χ1n) is 8.10. The zero-order chi connectivity index (χ0) is 18.9. The molecule has 2 rings (SSSR count). The van der Waals surface area contributed by atoms with E-state index in [1.807, 2.05) is 6.92 Å². The minimum Gasteiger partial charge on any atom is -0.454 e. The minimum absolute atomic E-state index is 0.139. The number of hydrogen-bond donors (Lipinski definition) is 2. The lowest BCUT2D eigenvalue weighted by atomic mass is 10.1. The number of nitrogens with two attached hydrogens (primary N) is 1. The second kappa shape index (κ2) is 9.62. The van der Waals surface area contributed by atoms with Gasteiger partial charge in [-0.15, -0.1) is 0 Å². The molecule has 0 aromatic heterocycles. The maximum absolute atomic E-state index is 12.6. The van der Waals surface area contributed by atoms with Gasteiger partial charge in [-0.25, -0.2) is 0 Å². The third-order valence-electron chi connectivity index (χ3n) is 3.43. The number of ether oxygens (including phenoxy) is 1. The molecule has 26 heavy (non-hydrogen) atoms. The van der Waals surface area contributed by atoms with Gasteiger partial charge in [-0.1, -0.05) is 36.9 Å². The Morgan fingerprint density at radius 3 is 2.62 bits per heavy atom. The highest BCUT2D eigenvalue weighted by Gasteiger charge is 2.13. The first-order chi connectivity index (χ1) is 12.5. The standard InChI is InChI=1S/C19H20N2O4S/c1-2-6-17(22)25-12-26-16-10-4-3-9-15(16)19(24)21-14-8-5-7-13(11-14)18(20)23/h3-5,7-11H,2,6,12H2,1H3,(H2,20,23)(H,21,24). The van der Waals surface area contributed by atoms with Crippen molar-refractivity contribution in [3.8, 4) is 0 Å². The summed E-state index contributed by atoms with van der Waals surface area (Å²) in [5.41, 5.74) is 6.49. The van der Waals surface area contributed by atoms with Crippen LogP contribution in [-0.2, 0) is 9.53 Å². The van der Waals surface area contributed by atoms with Crippen LogP contribution in [0.15, 0.2) is 53.4 Å². The van der Waals surface area contributed by atoms with Crippen LogP contribution in [-0.4, -0.2) is 23.7 Å². The fourth-order valence-electron chi connectivity index (χ4n) is 2.16. The molecule has 0 bridgehead atoms. The highest BCUT2D eigenvalue weighted by molar-refractivity contribution is 7.99. The van der Waals surface area contributed by atoms with Gasteiger partial charge in [-0.3, -0.25) is 14.4 Å². The summed E-state index contributed by atoms with van der Waals surface area (Å²) in [5, 5.41) is 2.75. The van der Waals surface area contributed by atoms with E-state index in [9.17, 15) is 14.4 Å². The normalized spacial score (nSPS) is 10.2. The van der Waals surface area contributed by atoms with Crippen molar-refractivity contribution < 1.29 is 19.1 Å². The number of primary amides is 1. The number of esters is 1. The van der Waals surface area contributed by atoms with Gasteiger partial charge >= 0.3 is 5.97 Å². The van der Waals surface area contributed by atoms with Crippen LogP contribution in [0.2, 0.25) is 0 Å². The largest absolute Gasteiger partial charge is 0.454 e. The Morgan fingerprint density at radius 1 is 1.12 bits per heavy atom. The molecule has 0 atom stereocenters. The van der Waals surface area contributed by atoms with Gasteiger partial charge in [0.2, 0.25) is 5.91 Å². The molecule has 2 amide bonds. The molecule has 0 aliphatic rings. The number of carbonyl (C=O) groups is 3. The summed E-state index contributed by atoms with van der Waals surface area (Å²) in [6.07, 6.45) is 1.10. The lowest BCUT2D eigenvalue weighted by molar-refractivity contribution is -0.141. The fraction of sp³-hybridized carbons (Fsp3) is 0.211. The monoisotopic (exact) mass is 372 g/mol. The van der Waals surface area contributed by atoms with E-state index in [0.29, 0.717) is 28.1 Å². The Hall–Kier alpha value is -2.80. The Morgan fingerprint density at radius 2 is 1.88 bits per heavy atom. The van der Waals surface area contributed by atoms with Crippen molar-refractivity contribution in [2.75, 3.05) is 11.3 Å². The average molecular weight is 372 g/mol. The molecule has 7 heteroatoms. The fourth-order valence-corrected chi connectivity index (χ4v) is 2.97. The van der Waals surface area contributed by atoms with Gasteiger partial charge in [0.25, 0.3) is 5.91 Å². The number of hydrogen-bond acceptors (Lipinski definition) is 5. The van der Waals surface area contributed by atoms with Gasteiger partial charge in [0, 0.05) is 22.6 Å². The van der Waals surface area contributed by atoms with Crippen LogP contribution >= 0.6 is 11.8 Å². The molecular weight excluding hydrogens is 352 g/mol. The predicted octanol–water partition coefficient (Wildman–Crippen LogP) is 3.43. The summed E-state index contributed by atoms with van der Waals surface area (Å²) in [7, 11) is 0. The van der Waals surface area contributed by atoms with E-state index in [1.54, 1.807) is 42.5 Å². The van der Waals surface area contributed by atoms with Crippen molar-refractivity contribution in [3.05, 3.63) is 59.7 Å². The quantitative estimate of drug-likeness (QED) is 0.420. The van der Waals surface area contributed by atoms with Crippen LogP contribution in [0, 0.1) is 0 Å². The van der Waals surface area contributed by atoms with E-state index in [4.69, 9.17) is 10.5 Å². The van der Waals surface area contributed by atoms with E-state index in [2.05, 4.69) is 5.32 Å². The molecule has 0 radical (unpaired) electrons. The molecule has 0 fully saturated rings. The van der Waals surface area contributed by atoms with Gasteiger partial charge in [-0.05, 0) is 36.8 Å². The van der Waals surface area contributed by atoms with E-state index in [1.165, 1.54) is 17.8 Å². The molecular formula is C19H20N2O4S. The lowest BCUT2D eigenvalue weighted by Crippen LogP contribution is -2.15. The van der Waals surface area contributed by atoms with Crippen LogP contribution in [0.5, 0.6) is 0 Å². The molecule has 2 aromatic rings. The molecule has 0 saturated carbocycles. The first-order valence-corrected chi connectivity index (χ1v) is 9.08. The molecule has 0 saturated heterocycles. The Bertz CT molecular complexity index is 808. The lowest BCUT2D eigenvalue weighted by Gasteiger charge is -2.10. The molecule has 0 aliphatic carbocycles. The van der Waals surface area contributed by atoms with E-state index >= 15 is 0 Å². The van der Waals surface area contributed by atoms with E-state index < -0.39 is 5.91 Å². The summed E-state index contributed by atoms with van der Waals surface area (Å²) < 4.78 is 5.12. The maximum Gasteiger partial charge on any atom is 0.306 e. The summed E-state index contributed by atoms with van der Waals surface area (Å²) >= 11 is 1.27. The highest BCUT2D eigenvalue weighted by Crippen LogP contribution is 2.24. The Balaban J connectivity index is 2.06. The van der Waals surface area contributed by atoms with Gasteiger partial charge < -0.3 is 15.8 Å². The van der Waals surface area contributed by atoms with Crippen molar-refractivity contribution in [1.29, 1.82) is 0 Å². The Kier molecular flexibility index (Phi) is 7.23. The van der Waals surface area contributed by atoms with Crippen molar-refractivity contribution in [2.45, 2.75) is 24.7 Å². The van der Waals surface area contributed by atoms with Gasteiger partial charge in [-0.2, -0.15) is 0 Å². The van der Waals surface area contributed by atoms with Crippen molar-refractivity contribution in [3.63, 3.8) is 0 Å². The first kappa shape index (κ1) is 19.5. The Labute approximate surface area is 156 Å². The number of amides is 2. The molecule has 0 heterocycles. The van der Waals surface area contributed by atoms with Gasteiger partial charge in [0.05, 0.1) is 5.56 Å². The molecule has 3 N–H and O–H groups in total. The number of nitrogens with one attached hydrogen (secondary N) is 1. The van der Waals surface area contributed by atoms with Gasteiger partial charge in [0.1, 0.15) is 5.94 Å². The highest BCUT2D eigenvalue weighted by atomic mass is 32.2. The third kappa shape index (κ3) is 5.63. The van der Waals surface area contributed by atoms with Crippen LogP contribution in [0.1, 0.15) is 40.5 Å². The average Bonchev–Trinajstić information content (AvgIpc) is 2.62. The van der Waals surface area contributed by atoms with Crippen LogP contribution in [0.25, 0.3) is 0 Å². The summed E-state index contributed by atoms with van der Waals surface area (Å²) in [4.78, 5) is 35.9. The molecule has 2 aromatic carbocycles. The smallest absolute Gasteiger partial charge is 0.306 e. The number of rotatable bonds is 8. The predicted molar refractivity (Wildman–Crippen MR) is 101 cm³/mol. The SMILES string of the molecule is CCCC(=O)OCSc1ccccc1C(=O)Nc1cccc(C(N)=O)c1. The summed E-state index contributed by atoms with van der Waals surface area (Å²) in [5.74, 6) is -1.01. The van der Waals surface area contributed by atoms with Crippen molar-refractivity contribution >= 4 is 35.2 Å². The number of thioether (sulfide) groups is 1. The van der Waals surface area contributed by atoms with Crippen LogP contribution in [0.3, 0.4) is 0 Å². The zero-order valence-electron chi connectivity index (χ0n) is 14.4. The van der Waals surface area contributed by atoms with E-state index in [0.717, 1.165) is 6.42 Å². The topological polar surface area (TPSA) is 98.5 Å². The van der Waals surface area contributed by atoms with Crippen LogP contribution < -0.4 is 11.1 Å². The zero-order valence-corrected chi connectivity index (χ0v) is 15.2. The second-order valence-electron chi connectivity index (χ2n) is 5.42. The second-order valence-corrected chi connectivity index (χ2v) is 6.39. The molecule has 0 aliphatic heterocycles. The molecule has 6 nitrogen and oxygen atoms in total. The molecule has 0 spiro atoms. The number of carbonyl (C=O) groups excluding carboxylic acids is 3. The molecule has 136 valence electrons. The van der Waals surface area contributed by atoms with Gasteiger partial charge in [0.15, 0.2) is 0 Å².